The first-order valence-electron chi connectivity index (χ1n) is 8.27. The second-order valence-corrected chi connectivity index (χ2v) is 6.40. The highest BCUT2D eigenvalue weighted by molar-refractivity contribution is 5.99. The van der Waals surface area contributed by atoms with Gasteiger partial charge in [-0.3, -0.25) is 0 Å². The van der Waals surface area contributed by atoms with Gasteiger partial charge >= 0.3 is 11.9 Å². The molecule has 134 valence electrons. The van der Waals surface area contributed by atoms with E-state index in [0.29, 0.717) is 22.5 Å². The fourth-order valence-electron chi connectivity index (χ4n) is 3.37. The molecule has 0 radical (unpaired) electrons. The highest BCUT2D eigenvalue weighted by Crippen LogP contribution is 2.41. The Balaban J connectivity index is 2.78. The standard InChI is InChI=1S/C20H25NO4/c1-11(2)14-9-7-8-10-15(14)18-16(19(22)24-5)12(3)21-13(4)17(18)20(23)25-6/h7-11,18,21H,1-6H3. The van der Waals surface area contributed by atoms with Crippen LogP contribution in [0.5, 0.6) is 0 Å². The van der Waals surface area contributed by atoms with Crippen LogP contribution in [0.4, 0.5) is 0 Å². The Bertz CT molecular complexity index is 721. The number of hydrogen-bond donors (Lipinski definition) is 1. The smallest absolute Gasteiger partial charge is 0.336 e. The average molecular weight is 343 g/mol. The summed E-state index contributed by atoms with van der Waals surface area (Å²) in [5.41, 5.74) is 4.22. The largest absolute Gasteiger partial charge is 0.466 e. The van der Waals surface area contributed by atoms with E-state index >= 15 is 0 Å². The zero-order valence-corrected chi connectivity index (χ0v) is 15.6. The number of benzene rings is 1. The third kappa shape index (κ3) is 3.45. The average Bonchev–Trinajstić information content (AvgIpc) is 2.59. The van der Waals surface area contributed by atoms with Crippen LogP contribution < -0.4 is 5.32 Å². The van der Waals surface area contributed by atoms with Crippen LogP contribution in [0, 0.1) is 0 Å². The van der Waals surface area contributed by atoms with Crippen molar-refractivity contribution in [3.63, 3.8) is 0 Å². The molecule has 0 unspecified atom stereocenters. The molecule has 1 aliphatic heterocycles. The molecule has 0 aromatic heterocycles. The third-order valence-electron chi connectivity index (χ3n) is 4.50. The van der Waals surface area contributed by atoms with E-state index in [-0.39, 0.29) is 5.92 Å². The minimum atomic E-state index is -0.528. The summed E-state index contributed by atoms with van der Waals surface area (Å²) in [4.78, 5) is 25.0. The van der Waals surface area contributed by atoms with Crippen molar-refractivity contribution in [1.82, 2.24) is 5.32 Å². The van der Waals surface area contributed by atoms with Crippen molar-refractivity contribution in [3.8, 4) is 0 Å². The van der Waals surface area contributed by atoms with Crippen LogP contribution >= 0.6 is 0 Å². The monoisotopic (exact) mass is 343 g/mol. The summed E-state index contributed by atoms with van der Waals surface area (Å²) in [6.07, 6.45) is 0. The van der Waals surface area contributed by atoms with Crippen molar-refractivity contribution in [2.45, 2.75) is 39.5 Å². The molecule has 5 nitrogen and oxygen atoms in total. The number of ether oxygens (including phenoxy) is 2. The van der Waals surface area contributed by atoms with Crippen LogP contribution in [0.3, 0.4) is 0 Å². The van der Waals surface area contributed by atoms with Crippen molar-refractivity contribution in [2.75, 3.05) is 14.2 Å². The van der Waals surface area contributed by atoms with E-state index < -0.39 is 17.9 Å². The zero-order valence-electron chi connectivity index (χ0n) is 15.6. The second kappa shape index (κ2) is 7.55. The van der Waals surface area contributed by atoms with Gasteiger partial charge in [0.2, 0.25) is 0 Å². The lowest BCUT2D eigenvalue weighted by Gasteiger charge is -2.31. The summed E-state index contributed by atoms with van der Waals surface area (Å²) in [5, 5.41) is 3.12. The fourth-order valence-corrected chi connectivity index (χ4v) is 3.37. The number of carbonyl (C=O) groups is 2. The molecule has 0 spiro atoms. The SMILES string of the molecule is COC(=O)C1=C(C)NC(C)=C(C(=O)OC)C1c1ccccc1C(C)C. The van der Waals surface area contributed by atoms with Crippen LogP contribution in [-0.2, 0) is 19.1 Å². The van der Waals surface area contributed by atoms with E-state index in [1.807, 2.05) is 38.1 Å². The van der Waals surface area contributed by atoms with Gasteiger partial charge in [-0.15, -0.1) is 0 Å². The molecule has 5 heteroatoms. The van der Waals surface area contributed by atoms with Crippen LogP contribution in [0.1, 0.15) is 50.7 Å². The van der Waals surface area contributed by atoms with Crippen LogP contribution in [0.15, 0.2) is 46.8 Å². The summed E-state index contributed by atoms with van der Waals surface area (Å²) < 4.78 is 10.00. The molecular weight excluding hydrogens is 318 g/mol. The van der Waals surface area contributed by atoms with E-state index in [1.54, 1.807) is 0 Å². The fraction of sp³-hybridized carbons (Fsp3) is 0.400. The lowest BCUT2D eigenvalue weighted by Crippen LogP contribution is -2.32. The van der Waals surface area contributed by atoms with Crippen LogP contribution in [-0.4, -0.2) is 26.2 Å². The Morgan fingerprint density at radius 3 is 1.88 bits per heavy atom. The molecular formula is C20H25NO4. The minimum absolute atomic E-state index is 0.240. The van der Waals surface area contributed by atoms with E-state index in [9.17, 15) is 9.59 Å². The highest BCUT2D eigenvalue weighted by atomic mass is 16.5. The van der Waals surface area contributed by atoms with Gasteiger partial charge in [-0.05, 0) is 30.9 Å². The van der Waals surface area contributed by atoms with Crippen LogP contribution in [0.2, 0.25) is 0 Å². The maximum Gasteiger partial charge on any atom is 0.336 e. The van der Waals surface area contributed by atoms with Crippen molar-refractivity contribution in [1.29, 1.82) is 0 Å². The van der Waals surface area contributed by atoms with Gasteiger partial charge in [-0.2, -0.15) is 0 Å². The number of dihydropyridines is 1. The van der Waals surface area contributed by atoms with Gasteiger partial charge in [0.15, 0.2) is 0 Å². The number of nitrogens with one attached hydrogen (secondary N) is 1. The van der Waals surface area contributed by atoms with Crippen molar-refractivity contribution in [3.05, 3.63) is 57.9 Å². The molecule has 0 saturated carbocycles. The van der Waals surface area contributed by atoms with Gasteiger partial charge < -0.3 is 14.8 Å². The predicted molar refractivity (Wildman–Crippen MR) is 95.8 cm³/mol. The first-order valence-corrected chi connectivity index (χ1v) is 8.27. The summed E-state index contributed by atoms with van der Waals surface area (Å²) in [6.45, 7) is 7.80. The van der Waals surface area contributed by atoms with Gasteiger partial charge in [0.25, 0.3) is 0 Å². The number of esters is 2. The lowest BCUT2D eigenvalue weighted by atomic mass is 9.77. The first kappa shape index (κ1) is 18.8. The quantitative estimate of drug-likeness (QED) is 0.849. The van der Waals surface area contributed by atoms with Crippen molar-refractivity contribution in [2.24, 2.45) is 0 Å². The van der Waals surface area contributed by atoms with Gasteiger partial charge in [0.1, 0.15) is 0 Å². The number of hydrogen-bond acceptors (Lipinski definition) is 5. The van der Waals surface area contributed by atoms with E-state index in [1.165, 1.54) is 14.2 Å². The molecule has 0 aliphatic carbocycles. The highest BCUT2D eigenvalue weighted by Gasteiger charge is 2.38. The van der Waals surface area contributed by atoms with E-state index in [4.69, 9.17) is 9.47 Å². The predicted octanol–water partition coefficient (Wildman–Crippen LogP) is 3.39. The Hall–Kier alpha value is -2.56. The van der Waals surface area contributed by atoms with Gasteiger partial charge in [-0.25, -0.2) is 9.59 Å². The molecule has 0 saturated heterocycles. The molecule has 1 N–H and O–H groups in total. The molecule has 25 heavy (non-hydrogen) atoms. The second-order valence-electron chi connectivity index (χ2n) is 6.40. The lowest BCUT2D eigenvalue weighted by molar-refractivity contribution is -0.137. The molecule has 1 heterocycles. The maximum absolute atomic E-state index is 12.5. The molecule has 2 rings (SSSR count). The number of rotatable bonds is 4. The maximum atomic E-state index is 12.5. The van der Waals surface area contributed by atoms with Gasteiger partial charge in [0, 0.05) is 11.4 Å². The Labute approximate surface area is 148 Å². The molecule has 0 fully saturated rings. The number of methoxy groups -OCH3 is 2. The number of allylic oxidation sites excluding steroid dienone is 2. The Morgan fingerprint density at radius 1 is 0.960 bits per heavy atom. The Kier molecular flexibility index (Phi) is 5.67. The Morgan fingerprint density at radius 2 is 1.44 bits per heavy atom. The number of carbonyl (C=O) groups excluding carboxylic acids is 2. The molecule has 0 atom stereocenters. The van der Waals surface area contributed by atoms with E-state index in [2.05, 4.69) is 19.2 Å². The van der Waals surface area contributed by atoms with Crippen molar-refractivity contribution >= 4 is 11.9 Å². The topological polar surface area (TPSA) is 64.6 Å². The molecule has 1 aliphatic rings. The summed E-state index contributed by atoms with van der Waals surface area (Å²) in [5.74, 6) is -1.20. The van der Waals surface area contributed by atoms with E-state index in [0.717, 1.165) is 11.1 Å². The normalized spacial score (nSPS) is 15.3. The first-order chi connectivity index (χ1) is 11.8. The summed E-state index contributed by atoms with van der Waals surface area (Å²) >= 11 is 0. The van der Waals surface area contributed by atoms with Gasteiger partial charge in [0.05, 0.1) is 31.3 Å². The molecule has 0 bridgehead atoms. The zero-order chi connectivity index (χ0) is 18.7. The summed E-state index contributed by atoms with van der Waals surface area (Å²) in [6, 6.07) is 7.86. The molecule has 0 amide bonds. The molecule has 1 aromatic rings. The minimum Gasteiger partial charge on any atom is -0.466 e. The molecule has 1 aromatic carbocycles. The summed E-state index contributed by atoms with van der Waals surface area (Å²) in [7, 11) is 2.69. The van der Waals surface area contributed by atoms with Crippen LogP contribution in [0.25, 0.3) is 0 Å². The van der Waals surface area contributed by atoms with Crippen molar-refractivity contribution < 1.29 is 19.1 Å². The third-order valence-corrected chi connectivity index (χ3v) is 4.50. The van der Waals surface area contributed by atoms with Gasteiger partial charge in [-0.1, -0.05) is 38.1 Å².